The number of ether oxygens (including phenoxy) is 3. The standard InChI is InChI=1S/C19H21NO5S/c1-4-24-16-8-6-5-7-15(16)20-18(21)12-25-19(22)14-10-9-13(26-3)11-17(14)23-2/h5-11H,4,12H2,1-3H3,(H,20,21). The van der Waals surface area contributed by atoms with Crippen molar-refractivity contribution in [3.8, 4) is 11.5 Å². The maximum Gasteiger partial charge on any atom is 0.342 e. The Morgan fingerprint density at radius 1 is 1.12 bits per heavy atom. The maximum absolute atomic E-state index is 12.2. The highest BCUT2D eigenvalue weighted by molar-refractivity contribution is 7.98. The van der Waals surface area contributed by atoms with Gasteiger partial charge >= 0.3 is 5.97 Å². The van der Waals surface area contributed by atoms with Crippen molar-refractivity contribution >= 4 is 29.3 Å². The molecule has 2 rings (SSSR count). The molecule has 0 saturated heterocycles. The van der Waals surface area contributed by atoms with Gasteiger partial charge in [-0.1, -0.05) is 12.1 Å². The number of thioether (sulfide) groups is 1. The van der Waals surface area contributed by atoms with E-state index < -0.39 is 18.5 Å². The van der Waals surface area contributed by atoms with Gasteiger partial charge in [0.2, 0.25) is 0 Å². The van der Waals surface area contributed by atoms with Crippen molar-refractivity contribution in [1.29, 1.82) is 0 Å². The molecule has 138 valence electrons. The van der Waals surface area contributed by atoms with Gasteiger partial charge in [-0.25, -0.2) is 4.79 Å². The van der Waals surface area contributed by atoms with Gasteiger partial charge in [-0.3, -0.25) is 4.79 Å². The average molecular weight is 375 g/mol. The maximum atomic E-state index is 12.2. The number of amides is 1. The lowest BCUT2D eigenvalue weighted by Gasteiger charge is -2.12. The van der Waals surface area contributed by atoms with Crippen LogP contribution < -0.4 is 14.8 Å². The fourth-order valence-corrected chi connectivity index (χ4v) is 2.64. The highest BCUT2D eigenvalue weighted by Crippen LogP contribution is 2.26. The van der Waals surface area contributed by atoms with E-state index in [-0.39, 0.29) is 5.56 Å². The molecule has 0 aliphatic carbocycles. The summed E-state index contributed by atoms with van der Waals surface area (Å²) in [5.74, 6) is -0.110. The highest BCUT2D eigenvalue weighted by atomic mass is 32.2. The van der Waals surface area contributed by atoms with Crippen molar-refractivity contribution in [2.75, 3.05) is 31.9 Å². The van der Waals surface area contributed by atoms with Crippen LogP contribution in [0.25, 0.3) is 0 Å². The van der Waals surface area contributed by atoms with E-state index in [1.54, 1.807) is 36.4 Å². The summed E-state index contributed by atoms with van der Waals surface area (Å²) in [5.41, 5.74) is 0.796. The van der Waals surface area contributed by atoms with Crippen LogP contribution in [0.1, 0.15) is 17.3 Å². The number of anilines is 1. The molecule has 0 spiro atoms. The number of rotatable bonds is 8. The number of hydrogen-bond donors (Lipinski definition) is 1. The lowest BCUT2D eigenvalue weighted by atomic mass is 10.2. The third-order valence-corrected chi connectivity index (χ3v) is 4.15. The van der Waals surface area contributed by atoms with E-state index in [0.717, 1.165) is 4.90 Å². The van der Waals surface area contributed by atoms with Crippen LogP contribution in [0.15, 0.2) is 47.4 Å². The summed E-state index contributed by atoms with van der Waals surface area (Å²) in [6.07, 6.45) is 1.93. The molecule has 1 amide bonds. The van der Waals surface area contributed by atoms with Crippen LogP contribution in [0.4, 0.5) is 5.69 Å². The molecule has 6 nitrogen and oxygen atoms in total. The van der Waals surface area contributed by atoms with Gasteiger partial charge < -0.3 is 19.5 Å². The van der Waals surface area contributed by atoms with Crippen molar-refractivity contribution < 1.29 is 23.8 Å². The zero-order chi connectivity index (χ0) is 18.9. The molecule has 0 aliphatic heterocycles. The second kappa shape index (κ2) is 9.72. The average Bonchev–Trinajstić information content (AvgIpc) is 2.67. The van der Waals surface area contributed by atoms with E-state index in [4.69, 9.17) is 14.2 Å². The summed E-state index contributed by atoms with van der Waals surface area (Å²) in [6.45, 7) is 1.93. The number of para-hydroxylation sites is 2. The van der Waals surface area contributed by atoms with Crippen LogP contribution in [0.5, 0.6) is 11.5 Å². The summed E-state index contributed by atoms with van der Waals surface area (Å²) < 4.78 is 15.8. The minimum atomic E-state index is -0.622. The first-order chi connectivity index (χ1) is 12.6. The number of carbonyl (C=O) groups is 2. The summed E-state index contributed by atoms with van der Waals surface area (Å²) in [5, 5.41) is 2.67. The third kappa shape index (κ3) is 5.16. The zero-order valence-corrected chi connectivity index (χ0v) is 15.7. The van der Waals surface area contributed by atoms with Gasteiger partial charge in [-0.2, -0.15) is 0 Å². The summed E-state index contributed by atoms with van der Waals surface area (Å²) in [7, 11) is 1.48. The SMILES string of the molecule is CCOc1ccccc1NC(=O)COC(=O)c1ccc(SC)cc1OC. The second-order valence-electron chi connectivity index (χ2n) is 5.12. The Morgan fingerprint density at radius 2 is 1.88 bits per heavy atom. The Balaban J connectivity index is 1.98. The molecule has 2 aromatic rings. The molecule has 0 heterocycles. The topological polar surface area (TPSA) is 73.9 Å². The van der Waals surface area contributed by atoms with Crippen LogP contribution in [0, 0.1) is 0 Å². The molecule has 26 heavy (non-hydrogen) atoms. The van der Waals surface area contributed by atoms with Gasteiger partial charge in [-0.15, -0.1) is 11.8 Å². The van der Waals surface area contributed by atoms with Crippen LogP contribution in [0.2, 0.25) is 0 Å². The van der Waals surface area contributed by atoms with Crippen LogP contribution in [0.3, 0.4) is 0 Å². The Bertz CT molecular complexity index is 778. The molecule has 2 aromatic carbocycles. The van der Waals surface area contributed by atoms with E-state index in [2.05, 4.69) is 5.32 Å². The molecule has 7 heteroatoms. The third-order valence-electron chi connectivity index (χ3n) is 3.42. The predicted molar refractivity (Wildman–Crippen MR) is 101 cm³/mol. The fourth-order valence-electron chi connectivity index (χ4n) is 2.21. The molecule has 0 unspecified atom stereocenters. The van der Waals surface area contributed by atoms with Gasteiger partial charge in [0, 0.05) is 4.90 Å². The van der Waals surface area contributed by atoms with Gasteiger partial charge in [0.05, 0.1) is 19.4 Å². The normalized spacial score (nSPS) is 10.1. The summed E-state index contributed by atoms with van der Waals surface area (Å²) >= 11 is 1.54. The van der Waals surface area contributed by atoms with Crippen LogP contribution in [-0.2, 0) is 9.53 Å². The van der Waals surface area contributed by atoms with Crippen LogP contribution >= 0.6 is 11.8 Å². The number of hydrogen-bond acceptors (Lipinski definition) is 6. The first kappa shape index (κ1) is 19.7. The molecule has 0 aliphatic rings. The van der Waals surface area contributed by atoms with Crippen molar-refractivity contribution in [1.82, 2.24) is 0 Å². The lowest BCUT2D eigenvalue weighted by molar-refractivity contribution is -0.119. The quantitative estimate of drug-likeness (QED) is 0.561. The van der Waals surface area contributed by atoms with Crippen molar-refractivity contribution in [3.05, 3.63) is 48.0 Å². The van der Waals surface area contributed by atoms with E-state index >= 15 is 0 Å². The van der Waals surface area contributed by atoms with E-state index in [1.165, 1.54) is 18.9 Å². The Morgan fingerprint density at radius 3 is 2.58 bits per heavy atom. The van der Waals surface area contributed by atoms with Crippen molar-refractivity contribution in [2.24, 2.45) is 0 Å². The zero-order valence-electron chi connectivity index (χ0n) is 14.9. The van der Waals surface area contributed by atoms with Crippen molar-refractivity contribution in [3.63, 3.8) is 0 Å². The molecule has 0 fully saturated rings. The van der Waals surface area contributed by atoms with Crippen molar-refractivity contribution in [2.45, 2.75) is 11.8 Å². The molecule has 0 saturated carbocycles. The minimum Gasteiger partial charge on any atom is -0.496 e. The van der Waals surface area contributed by atoms with Gasteiger partial charge in [0.25, 0.3) is 5.91 Å². The van der Waals surface area contributed by atoms with Gasteiger partial charge in [-0.05, 0) is 43.5 Å². The molecule has 0 aromatic heterocycles. The largest absolute Gasteiger partial charge is 0.496 e. The Kier molecular flexibility index (Phi) is 7.35. The van der Waals surface area contributed by atoms with Crippen LogP contribution in [-0.4, -0.2) is 38.5 Å². The molecule has 0 atom stereocenters. The summed E-state index contributed by atoms with van der Waals surface area (Å²) in [4.78, 5) is 25.3. The second-order valence-corrected chi connectivity index (χ2v) is 6.00. The molecular formula is C19H21NO5S. The molecule has 0 radical (unpaired) electrons. The molecular weight excluding hydrogens is 354 g/mol. The van der Waals surface area contributed by atoms with Gasteiger partial charge in [0.1, 0.15) is 17.1 Å². The Hall–Kier alpha value is -2.67. The predicted octanol–water partition coefficient (Wildman–Crippen LogP) is 3.61. The Labute approximate surface area is 156 Å². The fraction of sp³-hybridized carbons (Fsp3) is 0.263. The first-order valence-electron chi connectivity index (χ1n) is 7.99. The van der Waals surface area contributed by atoms with E-state index in [0.29, 0.717) is 23.8 Å². The first-order valence-corrected chi connectivity index (χ1v) is 9.22. The van der Waals surface area contributed by atoms with Gasteiger partial charge in [0.15, 0.2) is 6.61 Å². The smallest absolute Gasteiger partial charge is 0.342 e. The van der Waals surface area contributed by atoms with E-state index in [1.807, 2.05) is 19.2 Å². The number of benzene rings is 2. The number of esters is 1. The minimum absolute atomic E-state index is 0.271. The highest BCUT2D eigenvalue weighted by Gasteiger charge is 2.16. The molecule has 1 N–H and O–H groups in total. The number of nitrogens with one attached hydrogen (secondary N) is 1. The number of carbonyl (C=O) groups excluding carboxylic acids is 2. The monoisotopic (exact) mass is 375 g/mol. The number of methoxy groups -OCH3 is 1. The summed E-state index contributed by atoms with van der Waals surface area (Å²) in [6, 6.07) is 12.2. The molecule has 0 bridgehead atoms. The van der Waals surface area contributed by atoms with E-state index in [9.17, 15) is 9.59 Å². The lowest BCUT2D eigenvalue weighted by Crippen LogP contribution is -2.21.